The third-order valence-corrected chi connectivity index (χ3v) is 5.70. The fraction of sp³-hybridized carbons (Fsp3) is 0.571. The average molecular weight is 489 g/mol. The summed E-state index contributed by atoms with van der Waals surface area (Å²) in [7, 11) is 0. The molecule has 13 heteroatoms. The van der Waals surface area contributed by atoms with Crippen molar-refractivity contribution in [2.75, 3.05) is 42.5 Å². The van der Waals surface area contributed by atoms with Crippen LogP contribution >= 0.6 is 0 Å². The van der Waals surface area contributed by atoms with Crippen LogP contribution < -0.4 is 20.4 Å². The summed E-state index contributed by atoms with van der Waals surface area (Å²) >= 11 is 0. The normalized spacial score (nSPS) is 22.4. The standard InChI is InChI=1S/C21H27F4N5O4/c1-12-10-28(6-7-29(12)19(21(23,24)25)27-14(3)32)18-5-4-15(8-17(18)22)30-11-16(34-20(30)33)9-26-13(2)31/h4-5,8,12,16,19H,6-7,9-11H2,1-3H3,(H,26,31)(H,27,32)/t12?,16-,19?/m0/s1. The van der Waals surface area contributed by atoms with E-state index in [1.54, 1.807) is 11.8 Å². The lowest BCUT2D eigenvalue weighted by atomic mass is 10.1. The zero-order chi connectivity index (χ0) is 25.2. The molecule has 0 aromatic heterocycles. The first-order valence-corrected chi connectivity index (χ1v) is 10.7. The van der Waals surface area contributed by atoms with Crippen LogP contribution in [-0.2, 0) is 14.3 Å². The van der Waals surface area contributed by atoms with Gasteiger partial charge in [0.05, 0.1) is 24.5 Å². The number of nitrogens with one attached hydrogen (secondary N) is 2. The molecule has 1 aromatic rings. The quantitative estimate of drug-likeness (QED) is 0.593. The van der Waals surface area contributed by atoms with Crippen molar-refractivity contribution in [3.8, 4) is 0 Å². The Hall–Kier alpha value is -3.09. The van der Waals surface area contributed by atoms with Crippen molar-refractivity contribution in [3.63, 3.8) is 0 Å². The van der Waals surface area contributed by atoms with Crippen LogP contribution in [0.5, 0.6) is 0 Å². The van der Waals surface area contributed by atoms with E-state index < -0.39 is 42.3 Å². The summed E-state index contributed by atoms with van der Waals surface area (Å²) in [6.45, 7) is 4.38. The van der Waals surface area contributed by atoms with Crippen LogP contribution in [-0.4, -0.2) is 80.0 Å². The Kier molecular flexibility index (Phi) is 7.54. The number of amides is 3. The molecule has 2 unspecified atom stereocenters. The van der Waals surface area contributed by atoms with E-state index in [0.717, 1.165) is 11.8 Å². The lowest BCUT2D eigenvalue weighted by molar-refractivity contribution is -0.200. The number of piperazine rings is 1. The van der Waals surface area contributed by atoms with E-state index in [9.17, 15) is 31.9 Å². The zero-order valence-corrected chi connectivity index (χ0v) is 19.0. The molecule has 2 N–H and O–H groups in total. The number of nitrogens with zero attached hydrogens (tertiary/aromatic N) is 3. The second-order valence-corrected chi connectivity index (χ2v) is 8.37. The van der Waals surface area contributed by atoms with Crippen LogP contribution in [0.2, 0.25) is 0 Å². The SMILES string of the molecule is CC(=O)NC[C@H]1CN(c2ccc(N3CCN(C(NC(C)=O)C(F)(F)F)C(C)C3)c(F)c2)C(=O)O1. The maximum Gasteiger partial charge on any atom is 0.422 e. The maximum absolute atomic E-state index is 15.0. The largest absolute Gasteiger partial charge is 0.442 e. The Morgan fingerprint density at radius 1 is 1.18 bits per heavy atom. The van der Waals surface area contributed by atoms with Gasteiger partial charge in [0.25, 0.3) is 0 Å². The van der Waals surface area contributed by atoms with Gasteiger partial charge >= 0.3 is 12.3 Å². The highest BCUT2D eigenvalue weighted by Crippen LogP contribution is 2.31. The van der Waals surface area contributed by atoms with Gasteiger partial charge in [0.2, 0.25) is 11.8 Å². The molecule has 3 rings (SSSR count). The Bertz CT molecular complexity index is 944. The third-order valence-electron chi connectivity index (χ3n) is 5.70. The van der Waals surface area contributed by atoms with E-state index in [1.165, 1.54) is 30.0 Å². The second-order valence-electron chi connectivity index (χ2n) is 8.37. The van der Waals surface area contributed by atoms with Crippen molar-refractivity contribution in [1.82, 2.24) is 15.5 Å². The van der Waals surface area contributed by atoms with Crippen LogP contribution in [0, 0.1) is 5.82 Å². The van der Waals surface area contributed by atoms with E-state index in [-0.39, 0.29) is 50.0 Å². The number of hydrogen-bond donors (Lipinski definition) is 2. The summed E-state index contributed by atoms with van der Waals surface area (Å²) in [6.07, 6.45) is -8.02. The van der Waals surface area contributed by atoms with Crippen LogP contribution in [0.1, 0.15) is 20.8 Å². The van der Waals surface area contributed by atoms with Crippen LogP contribution in [0.4, 0.5) is 33.7 Å². The Balaban J connectivity index is 1.68. The zero-order valence-electron chi connectivity index (χ0n) is 19.0. The second kappa shape index (κ2) is 10.0. The van der Waals surface area contributed by atoms with Gasteiger partial charge in [-0.1, -0.05) is 0 Å². The molecule has 34 heavy (non-hydrogen) atoms. The van der Waals surface area contributed by atoms with Gasteiger partial charge in [-0.25, -0.2) is 9.18 Å². The Morgan fingerprint density at radius 3 is 2.44 bits per heavy atom. The molecule has 9 nitrogen and oxygen atoms in total. The number of cyclic esters (lactones) is 1. The number of alkyl halides is 3. The van der Waals surface area contributed by atoms with E-state index in [1.807, 2.05) is 5.32 Å². The number of hydrogen-bond acceptors (Lipinski definition) is 6. The summed E-state index contributed by atoms with van der Waals surface area (Å²) in [5, 5.41) is 4.50. The van der Waals surface area contributed by atoms with Gasteiger partial charge in [0.1, 0.15) is 11.9 Å². The van der Waals surface area contributed by atoms with Gasteiger partial charge in [-0.15, -0.1) is 0 Å². The predicted molar refractivity (Wildman–Crippen MR) is 115 cm³/mol. The highest BCUT2D eigenvalue weighted by atomic mass is 19.4. The molecule has 1 aromatic carbocycles. The van der Waals surface area contributed by atoms with Crippen molar-refractivity contribution in [1.29, 1.82) is 0 Å². The fourth-order valence-electron chi connectivity index (χ4n) is 4.14. The first-order chi connectivity index (χ1) is 15.9. The number of carbonyl (C=O) groups is 3. The highest BCUT2D eigenvalue weighted by Gasteiger charge is 2.47. The summed E-state index contributed by atoms with van der Waals surface area (Å²) in [4.78, 5) is 38.5. The van der Waals surface area contributed by atoms with Crippen molar-refractivity contribution in [3.05, 3.63) is 24.0 Å². The minimum absolute atomic E-state index is 0.0455. The summed E-state index contributed by atoms with van der Waals surface area (Å²) in [5.41, 5.74) is 0.465. The van der Waals surface area contributed by atoms with Crippen LogP contribution in [0.3, 0.4) is 0 Å². The summed E-state index contributed by atoms with van der Waals surface area (Å²) < 4.78 is 60.6. The van der Waals surface area contributed by atoms with Crippen LogP contribution in [0.15, 0.2) is 18.2 Å². The summed E-state index contributed by atoms with van der Waals surface area (Å²) in [6, 6.07) is 3.54. The molecular weight excluding hydrogens is 462 g/mol. The number of anilines is 2. The third kappa shape index (κ3) is 5.88. The van der Waals surface area contributed by atoms with Crippen molar-refractivity contribution < 1.29 is 36.7 Å². The molecule has 0 aliphatic carbocycles. The van der Waals surface area contributed by atoms with Gasteiger partial charge in [0.15, 0.2) is 6.17 Å². The molecule has 0 radical (unpaired) electrons. The van der Waals surface area contributed by atoms with E-state index in [2.05, 4.69) is 5.32 Å². The molecule has 188 valence electrons. The molecule has 2 aliphatic heterocycles. The summed E-state index contributed by atoms with van der Waals surface area (Å²) in [5.74, 6) is -1.69. The number of halogens is 4. The van der Waals surface area contributed by atoms with Crippen LogP contribution in [0.25, 0.3) is 0 Å². The molecule has 0 bridgehead atoms. The number of rotatable bonds is 6. The monoisotopic (exact) mass is 489 g/mol. The van der Waals surface area contributed by atoms with Gasteiger partial charge < -0.3 is 20.3 Å². The van der Waals surface area contributed by atoms with Crippen molar-refractivity contribution in [2.24, 2.45) is 0 Å². The molecular formula is C21H27F4N5O4. The molecule has 2 aliphatic rings. The highest BCUT2D eigenvalue weighted by molar-refractivity contribution is 5.90. The van der Waals surface area contributed by atoms with Crippen molar-refractivity contribution in [2.45, 2.75) is 45.3 Å². The van der Waals surface area contributed by atoms with Crippen molar-refractivity contribution >= 4 is 29.3 Å². The lowest BCUT2D eigenvalue weighted by Crippen LogP contribution is -2.64. The number of ether oxygens (including phenoxy) is 1. The smallest absolute Gasteiger partial charge is 0.422 e. The molecule has 2 fully saturated rings. The minimum Gasteiger partial charge on any atom is -0.442 e. The first kappa shape index (κ1) is 25.5. The van der Waals surface area contributed by atoms with E-state index in [0.29, 0.717) is 0 Å². The van der Waals surface area contributed by atoms with E-state index in [4.69, 9.17) is 4.74 Å². The predicted octanol–water partition coefficient (Wildman–Crippen LogP) is 1.82. The Morgan fingerprint density at radius 2 is 1.88 bits per heavy atom. The van der Waals surface area contributed by atoms with Gasteiger partial charge in [0, 0.05) is 39.5 Å². The molecule has 0 saturated carbocycles. The maximum atomic E-state index is 15.0. The Labute approximate surface area is 194 Å². The number of carbonyl (C=O) groups excluding carboxylic acids is 3. The molecule has 3 amide bonds. The average Bonchev–Trinajstić information content (AvgIpc) is 3.10. The molecule has 3 atom stereocenters. The van der Waals surface area contributed by atoms with E-state index >= 15 is 0 Å². The van der Waals surface area contributed by atoms with Gasteiger partial charge in [-0.2, -0.15) is 13.2 Å². The topological polar surface area (TPSA) is 94.2 Å². The number of benzene rings is 1. The molecule has 0 spiro atoms. The first-order valence-electron chi connectivity index (χ1n) is 10.7. The fourth-order valence-corrected chi connectivity index (χ4v) is 4.14. The minimum atomic E-state index is -4.66. The van der Waals surface area contributed by atoms with Gasteiger partial charge in [-0.05, 0) is 25.1 Å². The molecule has 2 heterocycles. The molecule has 2 saturated heterocycles. The van der Waals surface area contributed by atoms with Gasteiger partial charge in [-0.3, -0.25) is 19.4 Å². The lowest BCUT2D eigenvalue weighted by Gasteiger charge is -2.45.